The fourth-order valence-electron chi connectivity index (χ4n) is 3.35. The van der Waals surface area contributed by atoms with Gasteiger partial charge in [0.2, 0.25) is 0 Å². The van der Waals surface area contributed by atoms with Crippen molar-refractivity contribution in [3.8, 4) is 0 Å². The average Bonchev–Trinajstić information content (AvgIpc) is 2.92. The molecule has 1 aliphatic carbocycles. The zero-order valence-corrected chi connectivity index (χ0v) is 13.1. The largest absolute Gasteiger partial charge is 0.468 e. The van der Waals surface area contributed by atoms with Gasteiger partial charge < -0.3 is 9.52 Å². The van der Waals surface area contributed by atoms with Crippen LogP contribution in [0.5, 0.6) is 0 Å². The first kappa shape index (κ1) is 15.6. The molecule has 1 fully saturated rings. The Labute approximate surface area is 123 Å². The van der Waals surface area contributed by atoms with Gasteiger partial charge in [-0.25, -0.2) is 0 Å². The lowest BCUT2D eigenvalue weighted by Gasteiger charge is -2.37. The molecule has 1 aromatic rings. The minimum Gasteiger partial charge on any atom is -0.468 e. The molecule has 0 bridgehead atoms. The van der Waals surface area contributed by atoms with E-state index < -0.39 is 0 Å². The molecule has 20 heavy (non-hydrogen) atoms. The van der Waals surface area contributed by atoms with Gasteiger partial charge in [-0.3, -0.25) is 4.90 Å². The van der Waals surface area contributed by atoms with Gasteiger partial charge in [-0.2, -0.15) is 0 Å². The quantitative estimate of drug-likeness (QED) is 0.865. The van der Waals surface area contributed by atoms with Crippen LogP contribution < -0.4 is 0 Å². The van der Waals surface area contributed by atoms with Crippen molar-refractivity contribution in [2.45, 2.75) is 52.7 Å². The van der Waals surface area contributed by atoms with E-state index >= 15 is 0 Å². The highest BCUT2D eigenvalue weighted by Crippen LogP contribution is 2.34. The first-order valence-electron chi connectivity index (χ1n) is 8.03. The van der Waals surface area contributed by atoms with E-state index in [2.05, 4.69) is 25.7 Å². The monoisotopic (exact) mass is 279 g/mol. The van der Waals surface area contributed by atoms with Crippen LogP contribution in [0.25, 0.3) is 0 Å². The highest BCUT2D eigenvalue weighted by atomic mass is 16.3. The van der Waals surface area contributed by atoms with Gasteiger partial charge in [0.1, 0.15) is 5.76 Å². The second-order valence-electron chi connectivity index (χ2n) is 6.55. The van der Waals surface area contributed by atoms with Gasteiger partial charge in [0.15, 0.2) is 0 Å². The number of hydrogen-bond donors (Lipinski definition) is 1. The van der Waals surface area contributed by atoms with E-state index in [1.54, 1.807) is 6.26 Å². The predicted octanol–water partition coefficient (Wildman–Crippen LogP) is 3.53. The van der Waals surface area contributed by atoms with E-state index in [9.17, 15) is 5.11 Å². The summed E-state index contributed by atoms with van der Waals surface area (Å²) < 4.78 is 5.44. The Morgan fingerprint density at radius 3 is 2.80 bits per heavy atom. The van der Waals surface area contributed by atoms with Crippen LogP contribution in [0.3, 0.4) is 0 Å². The van der Waals surface area contributed by atoms with E-state index in [-0.39, 0.29) is 6.10 Å². The van der Waals surface area contributed by atoms with Crippen LogP contribution in [0.1, 0.15) is 45.8 Å². The van der Waals surface area contributed by atoms with Crippen LogP contribution in [0, 0.1) is 17.8 Å². The Hall–Kier alpha value is -0.800. The van der Waals surface area contributed by atoms with Gasteiger partial charge in [-0.1, -0.05) is 20.8 Å². The molecule has 3 atom stereocenters. The zero-order valence-electron chi connectivity index (χ0n) is 13.1. The molecule has 0 amide bonds. The van der Waals surface area contributed by atoms with Crippen molar-refractivity contribution >= 4 is 0 Å². The fourth-order valence-corrected chi connectivity index (χ4v) is 3.35. The smallest absolute Gasteiger partial charge is 0.117 e. The number of aliphatic hydroxyl groups is 1. The molecular weight excluding hydrogens is 250 g/mol. The number of rotatable bonds is 6. The van der Waals surface area contributed by atoms with E-state index in [0.717, 1.165) is 50.1 Å². The maximum absolute atomic E-state index is 10.3. The number of furan rings is 1. The van der Waals surface area contributed by atoms with Gasteiger partial charge in [-0.15, -0.1) is 0 Å². The van der Waals surface area contributed by atoms with Gasteiger partial charge in [-0.05, 0) is 55.7 Å². The highest BCUT2D eigenvalue weighted by Gasteiger charge is 2.31. The van der Waals surface area contributed by atoms with E-state index in [1.165, 1.54) is 6.42 Å². The molecular formula is C17H29NO2. The molecule has 1 saturated carbocycles. The molecule has 0 aliphatic heterocycles. The predicted molar refractivity (Wildman–Crippen MR) is 81.3 cm³/mol. The Kier molecular flexibility index (Phi) is 5.67. The fraction of sp³-hybridized carbons (Fsp3) is 0.765. The molecule has 114 valence electrons. The SMILES string of the molecule is CCN(Cc1ccco1)CC1CC(C(C)C)CCC1O. The highest BCUT2D eigenvalue weighted by molar-refractivity contribution is 4.98. The molecule has 1 aromatic heterocycles. The van der Waals surface area contributed by atoms with Gasteiger partial charge >= 0.3 is 0 Å². The third kappa shape index (κ3) is 4.10. The molecule has 3 heteroatoms. The molecule has 3 nitrogen and oxygen atoms in total. The third-order valence-corrected chi connectivity index (χ3v) is 4.83. The molecule has 0 saturated heterocycles. The van der Waals surface area contributed by atoms with E-state index in [0.29, 0.717) is 5.92 Å². The summed E-state index contributed by atoms with van der Waals surface area (Å²) in [5, 5.41) is 10.3. The lowest BCUT2D eigenvalue weighted by molar-refractivity contribution is 0.0170. The standard InChI is InChI=1S/C17H29NO2/c1-4-18(12-16-6-5-9-20-16)11-15-10-14(13(2)3)7-8-17(15)19/h5-6,9,13-15,17,19H,4,7-8,10-12H2,1-3H3. The summed E-state index contributed by atoms with van der Waals surface area (Å²) in [6.45, 7) is 9.61. The summed E-state index contributed by atoms with van der Waals surface area (Å²) in [7, 11) is 0. The van der Waals surface area contributed by atoms with Gasteiger partial charge in [0.05, 0.1) is 18.9 Å². The van der Waals surface area contributed by atoms with Crippen molar-refractivity contribution in [3.63, 3.8) is 0 Å². The Morgan fingerprint density at radius 2 is 2.20 bits per heavy atom. The zero-order chi connectivity index (χ0) is 14.5. The van der Waals surface area contributed by atoms with Crippen LogP contribution in [0.4, 0.5) is 0 Å². The normalized spacial score (nSPS) is 27.4. The van der Waals surface area contributed by atoms with Crippen molar-refractivity contribution in [1.82, 2.24) is 4.90 Å². The van der Waals surface area contributed by atoms with Crippen LogP contribution >= 0.6 is 0 Å². The third-order valence-electron chi connectivity index (χ3n) is 4.83. The summed E-state index contributed by atoms with van der Waals surface area (Å²) in [5.74, 6) is 2.92. The van der Waals surface area contributed by atoms with Crippen LogP contribution in [-0.4, -0.2) is 29.2 Å². The maximum Gasteiger partial charge on any atom is 0.117 e. The summed E-state index contributed by atoms with van der Waals surface area (Å²) >= 11 is 0. The minimum atomic E-state index is -0.129. The first-order valence-corrected chi connectivity index (χ1v) is 8.03. The molecule has 3 unspecified atom stereocenters. The molecule has 0 aromatic carbocycles. The van der Waals surface area contributed by atoms with Gasteiger partial charge in [0, 0.05) is 6.54 Å². The molecule has 1 heterocycles. The summed E-state index contributed by atoms with van der Waals surface area (Å²) in [5.41, 5.74) is 0. The van der Waals surface area contributed by atoms with Crippen molar-refractivity contribution in [2.75, 3.05) is 13.1 Å². The van der Waals surface area contributed by atoms with Crippen LogP contribution in [0.2, 0.25) is 0 Å². The average molecular weight is 279 g/mol. The molecule has 1 N–H and O–H groups in total. The maximum atomic E-state index is 10.3. The second kappa shape index (κ2) is 7.28. The molecule has 0 radical (unpaired) electrons. The number of hydrogen-bond acceptors (Lipinski definition) is 3. The van der Waals surface area contributed by atoms with Gasteiger partial charge in [0.25, 0.3) is 0 Å². The second-order valence-corrected chi connectivity index (χ2v) is 6.55. The van der Waals surface area contributed by atoms with Crippen LogP contribution in [-0.2, 0) is 6.54 Å². The number of nitrogens with zero attached hydrogens (tertiary/aromatic N) is 1. The number of aliphatic hydroxyl groups excluding tert-OH is 1. The summed E-state index contributed by atoms with van der Waals surface area (Å²) in [6.07, 6.45) is 4.91. The summed E-state index contributed by atoms with van der Waals surface area (Å²) in [4.78, 5) is 2.38. The van der Waals surface area contributed by atoms with Crippen molar-refractivity contribution < 1.29 is 9.52 Å². The Bertz CT molecular complexity index is 374. The molecule has 0 spiro atoms. The lowest BCUT2D eigenvalue weighted by Crippen LogP contribution is -2.39. The van der Waals surface area contributed by atoms with Crippen molar-refractivity contribution in [2.24, 2.45) is 17.8 Å². The van der Waals surface area contributed by atoms with E-state index in [1.807, 2.05) is 12.1 Å². The van der Waals surface area contributed by atoms with E-state index in [4.69, 9.17) is 4.42 Å². The first-order chi connectivity index (χ1) is 9.60. The summed E-state index contributed by atoms with van der Waals surface area (Å²) in [6, 6.07) is 3.96. The Morgan fingerprint density at radius 1 is 1.40 bits per heavy atom. The van der Waals surface area contributed by atoms with Crippen LogP contribution in [0.15, 0.2) is 22.8 Å². The minimum absolute atomic E-state index is 0.129. The van der Waals surface area contributed by atoms with Crippen molar-refractivity contribution in [1.29, 1.82) is 0 Å². The molecule has 2 rings (SSSR count). The van der Waals surface area contributed by atoms with Crippen molar-refractivity contribution in [3.05, 3.63) is 24.2 Å². The topological polar surface area (TPSA) is 36.6 Å². The lowest BCUT2D eigenvalue weighted by atomic mass is 9.74. The molecule has 1 aliphatic rings. The Balaban J connectivity index is 1.91.